The second-order valence-corrected chi connectivity index (χ2v) is 11.1. The highest BCUT2D eigenvalue weighted by Gasteiger charge is 2.23. The Balaban J connectivity index is 1.33. The molecular formula is C26H36N2O6S. The van der Waals surface area contributed by atoms with E-state index in [1.807, 2.05) is 50.2 Å². The molecule has 3 rings (SSSR count). The molecule has 8 nitrogen and oxygen atoms in total. The van der Waals surface area contributed by atoms with E-state index in [0.29, 0.717) is 24.7 Å². The van der Waals surface area contributed by atoms with Gasteiger partial charge in [-0.05, 0) is 62.2 Å². The summed E-state index contributed by atoms with van der Waals surface area (Å²) >= 11 is 0. The Kier molecular flexibility index (Phi) is 9.40. The number of hydrogen-bond donors (Lipinski definition) is 0. The van der Waals surface area contributed by atoms with Crippen LogP contribution in [0.3, 0.4) is 0 Å². The molecule has 0 saturated carbocycles. The number of ether oxygens (including phenoxy) is 3. The molecule has 35 heavy (non-hydrogen) atoms. The van der Waals surface area contributed by atoms with Gasteiger partial charge in [-0.2, -0.15) is 0 Å². The summed E-state index contributed by atoms with van der Waals surface area (Å²) in [7, 11) is -1.46. The van der Waals surface area contributed by atoms with Gasteiger partial charge in [0.1, 0.15) is 5.75 Å². The Morgan fingerprint density at radius 1 is 1.09 bits per heavy atom. The molecule has 1 atom stereocenters. The predicted molar refractivity (Wildman–Crippen MR) is 136 cm³/mol. The number of amides is 1. The first-order chi connectivity index (χ1) is 16.6. The van der Waals surface area contributed by atoms with Gasteiger partial charge in [-0.3, -0.25) is 0 Å². The monoisotopic (exact) mass is 504 g/mol. The Morgan fingerprint density at radius 3 is 2.40 bits per heavy atom. The summed E-state index contributed by atoms with van der Waals surface area (Å²) < 4.78 is 40.3. The van der Waals surface area contributed by atoms with Gasteiger partial charge in [0.05, 0.1) is 30.3 Å². The molecule has 1 fully saturated rings. The number of rotatable bonds is 11. The van der Waals surface area contributed by atoms with E-state index in [0.717, 1.165) is 42.9 Å². The molecule has 192 valence electrons. The highest BCUT2D eigenvalue weighted by atomic mass is 32.2. The zero-order valence-corrected chi connectivity index (χ0v) is 21.8. The van der Waals surface area contributed by atoms with Crippen molar-refractivity contribution in [3.05, 3.63) is 54.1 Å². The van der Waals surface area contributed by atoms with Crippen LogP contribution >= 0.6 is 0 Å². The molecule has 2 aromatic carbocycles. The maximum Gasteiger partial charge on any atom is 0.410 e. The highest BCUT2D eigenvalue weighted by Crippen LogP contribution is 2.23. The van der Waals surface area contributed by atoms with Crippen LogP contribution in [0.2, 0.25) is 0 Å². The first kappa shape index (κ1) is 26.8. The minimum atomic E-state index is -3.18. The Morgan fingerprint density at radius 2 is 1.77 bits per heavy atom. The lowest BCUT2D eigenvalue weighted by atomic mass is 10.2. The van der Waals surface area contributed by atoms with Gasteiger partial charge in [-0.1, -0.05) is 12.1 Å². The van der Waals surface area contributed by atoms with Gasteiger partial charge in [0.15, 0.2) is 9.84 Å². The molecule has 1 saturated heterocycles. The summed E-state index contributed by atoms with van der Waals surface area (Å²) in [5, 5.41) is 0. The molecule has 0 spiro atoms. The Hall–Kier alpha value is -2.78. The fourth-order valence-corrected chi connectivity index (χ4v) is 4.45. The van der Waals surface area contributed by atoms with Crippen LogP contribution in [-0.4, -0.2) is 71.2 Å². The molecular weight excluding hydrogens is 468 g/mol. The van der Waals surface area contributed by atoms with Gasteiger partial charge < -0.3 is 24.0 Å². The second kappa shape index (κ2) is 12.3. The number of anilines is 1. The lowest BCUT2D eigenvalue weighted by Crippen LogP contribution is -2.29. The standard InChI is InChI=1S/C26H36N2O6S/c1-20(2)34-26(29)27(3)18-21-6-10-23(11-7-21)32-16-5-17-33-24-14-15-28(19-24)22-8-12-25(13-9-22)35(4,30)31/h6-13,20,24H,5,14-19H2,1-4H3. The topological polar surface area (TPSA) is 85.4 Å². The van der Waals surface area contributed by atoms with Crippen LogP contribution in [0.4, 0.5) is 10.5 Å². The average Bonchev–Trinajstić information content (AvgIpc) is 3.28. The second-order valence-electron chi connectivity index (χ2n) is 9.13. The van der Waals surface area contributed by atoms with E-state index in [-0.39, 0.29) is 18.3 Å². The number of carbonyl (C=O) groups is 1. The normalized spacial score (nSPS) is 15.9. The molecule has 0 aromatic heterocycles. The maximum absolute atomic E-state index is 11.9. The van der Waals surface area contributed by atoms with Crippen molar-refractivity contribution in [2.24, 2.45) is 0 Å². The number of hydrogen-bond acceptors (Lipinski definition) is 7. The van der Waals surface area contributed by atoms with Crippen molar-refractivity contribution in [2.75, 3.05) is 44.5 Å². The van der Waals surface area contributed by atoms with Crippen LogP contribution in [-0.2, 0) is 25.9 Å². The third-order valence-corrected chi connectivity index (χ3v) is 6.81. The van der Waals surface area contributed by atoms with Crippen molar-refractivity contribution >= 4 is 21.6 Å². The van der Waals surface area contributed by atoms with E-state index < -0.39 is 9.84 Å². The lowest BCUT2D eigenvalue weighted by molar-refractivity contribution is 0.0597. The molecule has 1 aliphatic rings. The Labute approximate surface area is 208 Å². The zero-order valence-electron chi connectivity index (χ0n) is 21.0. The molecule has 0 N–H and O–H groups in total. The van der Waals surface area contributed by atoms with E-state index in [9.17, 15) is 13.2 Å². The first-order valence-corrected chi connectivity index (χ1v) is 13.8. The molecule has 1 aliphatic heterocycles. The minimum absolute atomic E-state index is 0.140. The van der Waals surface area contributed by atoms with Crippen molar-refractivity contribution < 1.29 is 27.4 Å². The quantitative estimate of drug-likeness (QED) is 0.425. The number of carbonyl (C=O) groups excluding carboxylic acids is 1. The van der Waals surface area contributed by atoms with Crippen molar-refractivity contribution in [2.45, 2.75) is 50.3 Å². The predicted octanol–water partition coefficient (Wildman–Crippen LogP) is 4.13. The van der Waals surface area contributed by atoms with Gasteiger partial charge in [0, 0.05) is 45.0 Å². The van der Waals surface area contributed by atoms with Crippen molar-refractivity contribution in [3.8, 4) is 5.75 Å². The van der Waals surface area contributed by atoms with Gasteiger partial charge in [-0.25, -0.2) is 13.2 Å². The summed E-state index contributed by atoms with van der Waals surface area (Å²) in [6, 6.07) is 14.7. The average molecular weight is 505 g/mol. The van der Waals surface area contributed by atoms with Crippen LogP contribution in [0.25, 0.3) is 0 Å². The molecule has 1 heterocycles. The first-order valence-electron chi connectivity index (χ1n) is 11.9. The smallest absolute Gasteiger partial charge is 0.410 e. The molecule has 2 aromatic rings. The fourth-order valence-electron chi connectivity index (χ4n) is 3.82. The van der Waals surface area contributed by atoms with Gasteiger partial charge >= 0.3 is 6.09 Å². The molecule has 0 bridgehead atoms. The van der Waals surface area contributed by atoms with Crippen molar-refractivity contribution in [3.63, 3.8) is 0 Å². The number of benzene rings is 2. The minimum Gasteiger partial charge on any atom is -0.494 e. The van der Waals surface area contributed by atoms with Crippen LogP contribution in [0.5, 0.6) is 5.75 Å². The van der Waals surface area contributed by atoms with Gasteiger partial charge in [-0.15, -0.1) is 0 Å². The lowest BCUT2D eigenvalue weighted by Gasteiger charge is -2.19. The van der Waals surface area contributed by atoms with Crippen LogP contribution in [0.1, 0.15) is 32.3 Å². The maximum atomic E-state index is 11.9. The SMILES string of the molecule is CC(C)OC(=O)N(C)Cc1ccc(OCCCOC2CCN(c3ccc(S(C)(=O)=O)cc3)C2)cc1. The molecule has 1 amide bonds. The molecule has 0 radical (unpaired) electrons. The van der Waals surface area contributed by atoms with Crippen molar-refractivity contribution in [1.29, 1.82) is 0 Å². The summed E-state index contributed by atoms with van der Waals surface area (Å²) in [6.45, 7) is 6.98. The summed E-state index contributed by atoms with van der Waals surface area (Å²) in [6.07, 6.45) is 2.62. The van der Waals surface area contributed by atoms with Crippen LogP contribution in [0.15, 0.2) is 53.4 Å². The molecule has 9 heteroatoms. The zero-order chi connectivity index (χ0) is 25.4. The molecule has 1 unspecified atom stereocenters. The Bertz CT molecular complexity index is 1050. The summed E-state index contributed by atoms with van der Waals surface area (Å²) in [4.78, 5) is 16.0. The van der Waals surface area contributed by atoms with Crippen LogP contribution in [0, 0.1) is 0 Å². The van der Waals surface area contributed by atoms with E-state index in [1.165, 1.54) is 6.26 Å². The van der Waals surface area contributed by atoms with E-state index >= 15 is 0 Å². The van der Waals surface area contributed by atoms with E-state index in [2.05, 4.69) is 4.90 Å². The van der Waals surface area contributed by atoms with E-state index in [1.54, 1.807) is 24.1 Å². The van der Waals surface area contributed by atoms with Gasteiger partial charge in [0.2, 0.25) is 0 Å². The van der Waals surface area contributed by atoms with E-state index in [4.69, 9.17) is 14.2 Å². The molecule has 0 aliphatic carbocycles. The summed E-state index contributed by atoms with van der Waals surface area (Å²) in [5.74, 6) is 0.783. The number of sulfone groups is 1. The largest absolute Gasteiger partial charge is 0.494 e. The third kappa shape index (κ3) is 8.43. The summed E-state index contributed by atoms with van der Waals surface area (Å²) in [5.41, 5.74) is 2.01. The van der Waals surface area contributed by atoms with Crippen LogP contribution < -0.4 is 9.64 Å². The number of nitrogens with zero attached hydrogens (tertiary/aromatic N) is 2. The van der Waals surface area contributed by atoms with Crippen molar-refractivity contribution in [1.82, 2.24) is 4.90 Å². The highest BCUT2D eigenvalue weighted by molar-refractivity contribution is 7.90. The third-order valence-electron chi connectivity index (χ3n) is 5.68. The fraction of sp³-hybridized carbons (Fsp3) is 0.500. The van der Waals surface area contributed by atoms with Gasteiger partial charge in [0.25, 0.3) is 0 Å².